The number of rotatable bonds is 2. The molecule has 1 aromatic carbocycles. The Labute approximate surface area is 114 Å². The number of nitrogens with zero attached hydrogens (tertiary/aromatic N) is 1. The summed E-state index contributed by atoms with van der Waals surface area (Å²) in [6.45, 7) is 0. The van der Waals surface area contributed by atoms with Crippen molar-refractivity contribution in [2.45, 2.75) is 6.10 Å². The Morgan fingerprint density at radius 1 is 1.21 bits per heavy atom. The molecule has 0 aromatic heterocycles. The number of halogens is 1. The number of hydrogen-bond donors (Lipinski definition) is 0. The summed E-state index contributed by atoms with van der Waals surface area (Å²) >= 11 is 5.73. The fraction of sp³-hybridized carbons (Fsp3) is 0.222. The van der Waals surface area contributed by atoms with Gasteiger partial charge in [-0.05, 0) is 6.07 Å². The SMILES string of the molecule is CS(=O)(=O)OC1C(=O)N(Cl)c2ccccc21.O.O.O. The van der Waals surface area contributed by atoms with Gasteiger partial charge in [0.05, 0.1) is 11.9 Å². The summed E-state index contributed by atoms with van der Waals surface area (Å²) < 4.78 is 27.6. The highest BCUT2D eigenvalue weighted by molar-refractivity contribution is 7.86. The van der Waals surface area contributed by atoms with Gasteiger partial charge in [0, 0.05) is 17.3 Å². The molecule has 0 aliphatic carbocycles. The molecule has 0 saturated carbocycles. The summed E-state index contributed by atoms with van der Waals surface area (Å²) in [6.07, 6.45) is -0.288. The molecule has 1 aliphatic rings. The van der Waals surface area contributed by atoms with Gasteiger partial charge in [0.25, 0.3) is 16.0 Å². The van der Waals surface area contributed by atoms with Crippen LogP contribution in [0.15, 0.2) is 24.3 Å². The number of para-hydroxylation sites is 1. The molecule has 19 heavy (non-hydrogen) atoms. The van der Waals surface area contributed by atoms with E-state index in [2.05, 4.69) is 0 Å². The average Bonchev–Trinajstić information content (AvgIpc) is 2.43. The number of benzene rings is 1. The molecule has 8 nitrogen and oxygen atoms in total. The molecule has 0 radical (unpaired) electrons. The third-order valence-electron chi connectivity index (χ3n) is 2.12. The van der Waals surface area contributed by atoms with Gasteiger partial charge in [-0.3, -0.25) is 8.98 Å². The number of carbonyl (C=O) groups is 1. The van der Waals surface area contributed by atoms with Crippen molar-refractivity contribution in [2.24, 2.45) is 0 Å². The minimum Gasteiger partial charge on any atom is -0.412 e. The van der Waals surface area contributed by atoms with E-state index in [0.717, 1.165) is 10.7 Å². The van der Waals surface area contributed by atoms with Gasteiger partial charge in [-0.15, -0.1) is 0 Å². The Hall–Kier alpha value is -1.23. The van der Waals surface area contributed by atoms with Crippen LogP contribution >= 0.6 is 11.8 Å². The summed E-state index contributed by atoms with van der Waals surface area (Å²) in [5, 5.41) is 0. The number of anilines is 1. The zero-order chi connectivity index (χ0) is 11.9. The number of amides is 1. The number of fused-ring (bicyclic) bond motifs is 1. The lowest BCUT2D eigenvalue weighted by molar-refractivity contribution is -0.123. The summed E-state index contributed by atoms with van der Waals surface area (Å²) in [5.74, 6) is -0.603. The lowest BCUT2D eigenvalue weighted by Gasteiger charge is -2.08. The quantitative estimate of drug-likeness (QED) is 0.492. The molecule has 110 valence electrons. The third kappa shape index (κ3) is 3.86. The maximum atomic E-state index is 11.6. The monoisotopic (exact) mass is 315 g/mol. The van der Waals surface area contributed by atoms with Crippen molar-refractivity contribution in [1.29, 1.82) is 0 Å². The third-order valence-corrected chi connectivity index (χ3v) is 3.01. The second-order valence-electron chi connectivity index (χ2n) is 3.36. The molecular formula is C9H14ClNO7S. The van der Waals surface area contributed by atoms with E-state index < -0.39 is 22.1 Å². The van der Waals surface area contributed by atoms with Crippen molar-refractivity contribution in [3.63, 3.8) is 0 Å². The molecule has 1 atom stereocenters. The van der Waals surface area contributed by atoms with E-state index in [-0.39, 0.29) is 16.4 Å². The van der Waals surface area contributed by atoms with Crippen LogP contribution in [0.4, 0.5) is 5.69 Å². The van der Waals surface area contributed by atoms with E-state index in [0.29, 0.717) is 11.3 Å². The minimum absolute atomic E-state index is 0. The van der Waals surface area contributed by atoms with Crippen LogP contribution in [0.5, 0.6) is 0 Å². The van der Waals surface area contributed by atoms with Crippen LogP contribution in [0.2, 0.25) is 0 Å². The molecule has 1 unspecified atom stereocenters. The Morgan fingerprint density at radius 3 is 2.26 bits per heavy atom. The molecule has 1 aromatic rings. The summed E-state index contributed by atoms with van der Waals surface area (Å²) in [6, 6.07) is 6.60. The van der Waals surface area contributed by atoms with Crippen LogP contribution in [0.1, 0.15) is 11.7 Å². The van der Waals surface area contributed by atoms with E-state index in [1.807, 2.05) is 0 Å². The van der Waals surface area contributed by atoms with Gasteiger partial charge < -0.3 is 16.4 Å². The fourth-order valence-electron chi connectivity index (χ4n) is 1.51. The van der Waals surface area contributed by atoms with Crippen molar-refractivity contribution >= 4 is 33.5 Å². The molecule has 6 N–H and O–H groups in total. The van der Waals surface area contributed by atoms with Crippen molar-refractivity contribution in [1.82, 2.24) is 0 Å². The molecular weight excluding hydrogens is 302 g/mol. The van der Waals surface area contributed by atoms with Crippen LogP contribution in [-0.2, 0) is 19.1 Å². The lowest BCUT2D eigenvalue weighted by atomic mass is 10.1. The molecule has 10 heteroatoms. The van der Waals surface area contributed by atoms with Gasteiger partial charge in [0.15, 0.2) is 6.10 Å². The van der Waals surface area contributed by atoms with Gasteiger partial charge in [0.2, 0.25) is 0 Å². The number of carbonyl (C=O) groups excluding carboxylic acids is 1. The summed E-state index contributed by atoms with van der Waals surface area (Å²) in [4.78, 5) is 11.6. The fourth-order valence-corrected chi connectivity index (χ4v) is 2.29. The maximum absolute atomic E-state index is 11.6. The number of hydrogen-bond acceptors (Lipinski definition) is 4. The van der Waals surface area contributed by atoms with E-state index in [9.17, 15) is 13.2 Å². The predicted octanol–water partition coefficient (Wildman–Crippen LogP) is -1.27. The summed E-state index contributed by atoms with van der Waals surface area (Å²) in [7, 11) is -3.71. The van der Waals surface area contributed by atoms with Gasteiger partial charge in [-0.25, -0.2) is 4.42 Å². The Balaban J connectivity index is 0. The first-order valence-corrected chi connectivity index (χ1v) is 6.52. The van der Waals surface area contributed by atoms with E-state index in [1.54, 1.807) is 24.3 Å². The highest BCUT2D eigenvalue weighted by Crippen LogP contribution is 2.39. The first kappa shape index (κ1) is 20.1. The first-order valence-electron chi connectivity index (χ1n) is 4.37. The van der Waals surface area contributed by atoms with Gasteiger partial charge in [-0.1, -0.05) is 18.2 Å². The van der Waals surface area contributed by atoms with Crippen LogP contribution < -0.4 is 4.42 Å². The van der Waals surface area contributed by atoms with Crippen molar-refractivity contribution < 1.29 is 33.8 Å². The first-order chi connectivity index (χ1) is 7.40. The van der Waals surface area contributed by atoms with E-state index >= 15 is 0 Å². The second-order valence-corrected chi connectivity index (χ2v) is 5.30. The van der Waals surface area contributed by atoms with Gasteiger partial charge in [-0.2, -0.15) is 8.42 Å². The summed E-state index contributed by atoms with van der Waals surface area (Å²) in [5.41, 5.74) is 0.899. The molecule has 0 fully saturated rings. The Bertz CT molecular complexity index is 547. The van der Waals surface area contributed by atoms with Crippen molar-refractivity contribution in [3.8, 4) is 0 Å². The van der Waals surface area contributed by atoms with Gasteiger partial charge >= 0.3 is 0 Å². The zero-order valence-electron chi connectivity index (χ0n) is 9.75. The molecule has 1 amide bonds. The topological polar surface area (TPSA) is 158 Å². The van der Waals surface area contributed by atoms with Crippen LogP contribution in [0, 0.1) is 0 Å². The second kappa shape index (κ2) is 6.80. The normalized spacial score (nSPS) is 16.8. The predicted molar refractivity (Wildman–Crippen MR) is 69.3 cm³/mol. The Kier molecular flexibility index (Phi) is 7.19. The van der Waals surface area contributed by atoms with Crippen LogP contribution in [0.25, 0.3) is 0 Å². The van der Waals surface area contributed by atoms with Crippen LogP contribution in [-0.4, -0.2) is 37.0 Å². The lowest BCUT2D eigenvalue weighted by Crippen LogP contribution is -2.22. The van der Waals surface area contributed by atoms with E-state index in [4.69, 9.17) is 16.0 Å². The molecule has 1 aliphatic heterocycles. The largest absolute Gasteiger partial charge is 0.412 e. The van der Waals surface area contributed by atoms with E-state index in [1.165, 1.54) is 0 Å². The molecule has 0 saturated heterocycles. The Morgan fingerprint density at radius 2 is 1.74 bits per heavy atom. The maximum Gasteiger partial charge on any atom is 0.277 e. The zero-order valence-corrected chi connectivity index (χ0v) is 11.3. The molecule has 0 bridgehead atoms. The molecule has 1 heterocycles. The van der Waals surface area contributed by atoms with Gasteiger partial charge in [0.1, 0.15) is 0 Å². The molecule has 0 spiro atoms. The molecule has 2 rings (SSSR count). The standard InChI is InChI=1S/C9H8ClNO4S.3H2O/c1-16(13,14)15-8-6-4-2-3-5-7(6)11(10)9(8)12;;;/h2-5,8H,1H3;3*1H2. The highest BCUT2D eigenvalue weighted by Gasteiger charge is 2.39. The van der Waals surface area contributed by atoms with Crippen molar-refractivity contribution in [2.75, 3.05) is 10.7 Å². The van der Waals surface area contributed by atoms with Crippen molar-refractivity contribution in [3.05, 3.63) is 29.8 Å². The average molecular weight is 316 g/mol. The minimum atomic E-state index is -3.71. The smallest absolute Gasteiger partial charge is 0.277 e. The highest BCUT2D eigenvalue weighted by atomic mass is 35.5. The van der Waals surface area contributed by atoms with Crippen LogP contribution in [0.3, 0.4) is 0 Å².